The molecule has 0 radical (unpaired) electrons. The normalized spacial score (nSPS) is 17.0. The second-order valence-electron chi connectivity index (χ2n) is 4.98. The Morgan fingerprint density at radius 2 is 2.10 bits per heavy atom. The van der Waals surface area contributed by atoms with E-state index in [0.29, 0.717) is 0 Å². The Morgan fingerprint density at radius 1 is 1.20 bits per heavy atom. The van der Waals surface area contributed by atoms with E-state index >= 15 is 0 Å². The number of hydrogen-bond donors (Lipinski definition) is 1. The SMILES string of the molecule is O/N=C1/CCCN(CCc2cccs2)c2ccccc21. The van der Waals surface area contributed by atoms with E-state index in [1.165, 1.54) is 10.6 Å². The third-order valence-electron chi connectivity index (χ3n) is 3.73. The Kier molecular flexibility index (Phi) is 4.02. The summed E-state index contributed by atoms with van der Waals surface area (Å²) in [4.78, 5) is 3.83. The van der Waals surface area contributed by atoms with Crippen LogP contribution in [-0.2, 0) is 6.42 Å². The second kappa shape index (κ2) is 6.09. The standard InChI is InChI=1S/C16H18N2OS/c19-17-15-7-3-10-18(11-9-13-5-4-12-20-13)16-8-2-1-6-14(15)16/h1-2,4-6,8,12,19H,3,7,9-11H2/b17-15-. The van der Waals surface area contributed by atoms with Crippen molar-refractivity contribution >= 4 is 22.7 Å². The van der Waals surface area contributed by atoms with Crippen molar-refractivity contribution in [3.63, 3.8) is 0 Å². The molecule has 0 saturated heterocycles. The average molecular weight is 286 g/mol. The van der Waals surface area contributed by atoms with Crippen LogP contribution in [0, 0.1) is 0 Å². The van der Waals surface area contributed by atoms with Gasteiger partial charge in [-0.3, -0.25) is 0 Å². The van der Waals surface area contributed by atoms with E-state index in [4.69, 9.17) is 0 Å². The maximum absolute atomic E-state index is 9.20. The van der Waals surface area contributed by atoms with Crippen LogP contribution in [0.5, 0.6) is 0 Å². The lowest BCUT2D eigenvalue weighted by atomic mass is 10.1. The Morgan fingerprint density at radius 3 is 2.90 bits per heavy atom. The summed E-state index contributed by atoms with van der Waals surface area (Å²) < 4.78 is 0. The highest BCUT2D eigenvalue weighted by Crippen LogP contribution is 2.27. The number of nitrogens with zero attached hydrogens (tertiary/aromatic N) is 2. The average Bonchev–Trinajstić information content (AvgIpc) is 2.94. The van der Waals surface area contributed by atoms with E-state index < -0.39 is 0 Å². The van der Waals surface area contributed by atoms with Crippen molar-refractivity contribution in [2.24, 2.45) is 5.16 Å². The minimum Gasteiger partial charge on any atom is -0.411 e. The summed E-state index contributed by atoms with van der Waals surface area (Å²) in [6.07, 6.45) is 2.93. The van der Waals surface area contributed by atoms with Crippen LogP contribution in [0.4, 0.5) is 5.69 Å². The molecule has 0 spiro atoms. The molecule has 0 unspecified atom stereocenters. The first-order valence-electron chi connectivity index (χ1n) is 6.96. The molecule has 0 bridgehead atoms. The molecule has 0 aliphatic carbocycles. The first kappa shape index (κ1) is 13.2. The van der Waals surface area contributed by atoms with Crippen LogP contribution < -0.4 is 4.90 Å². The van der Waals surface area contributed by atoms with E-state index in [-0.39, 0.29) is 0 Å². The lowest BCUT2D eigenvalue weighted by Gasteiger charge is -2.24. The fourth-order valence-electron chi connectivity index (χ4n) is 2.72. The number of thiophene rings is 1. The monoisotopic (exact) mass is 286 g/mol. The zero-order valence-corrected chi connectivity index (χ0v) is 12.1. The molecule has 1 aliphatic rings. The Hall–Kier alpha value is -1.81. The van der Waals surface area contributed by atoms with Gasteiger partial charge in [0, 0.05) is 29.2 Å². The van der Waals surface area contributed by atoms with Gasteiger partial charge in [-0.05, 0) is 36.8 Å². The van der Waals surface area contributed by atoms with Crippen molar-refractivity contribution in [3.05, 3.63) is 52.2 Å². The highest BCUT2D eigenvalue weighted by Gasteiger charge is 2.19. The largest absolute Gasteiger partial charge is 0.411 e. The van der Waals surface area contributed by atoms with Crippen molar-refractivity contribution in [1.29, 1.82) is 0 Å². The molecule has 0 atom stereocenters. The molecule has 20 heavy (non-hydrogen) atoms. The lowest BCUT2D eigenvalue weighted by Crippen LogP contribution is -2.26. The first-order chi connectivity index (χ1) is 9.88. The molecule has 1 aromatic heterocycles. The Bertz CT molecular complexity index is 592. The van der Waals surface area contributed by atoms with Crippen molar-refractivity contribution in [2.45, 2.75) is 19.3 Å². The van der Waals surface area contributed by atoms with Crippen molar-refractivity contribution in [1.82, 2.24) is 0 Å². The lowest BCUT2D eigenvalue weighted by molar-refractivity contribution is 0.318. The van der Waals surface area contributed by atoms with Crippen molar-refractivity contribution in [3.8, 4) is 0 Å². The van der Waals surface area contributed by atoms with Crippen molar-refractivity contribution in [2.75, 3.05) is 18.0 Å². The summed E-state index contributed by atoms with van der Waals surface area (Å²) in [5, 5.41) is 14.8. The van der Waals surface area contributed by atoms with Crippen LogP contribution in [0.3, 0.4) is 0 Å². The molecule has 3 nitrogen and oxygen atoms in total. The summed E-state index contributed by atoms with van der Waals surface area (Å²) >= 11 is 1.81. The third kappa shape index (κ3) is 2.70. The molecule has 1 N–H and O–H groups in total. The molecule has 3 rings (SSSR count). The van der Waals surface area contributed by atoms with Gasteiger partial charge in [0.2, 0.25) is 0 Å². The van der Waals surface area contributed by atoms with Gasteiger partial charge in [0.25, 0.3) is 0 Å². The van der Waals surface area contributed by atoms with Gasteiger partial charge in [0.05, 0.1) is 5.71 Å². The summed E-state index contributed by atoms with van der Waals surface area (Å²) in [5.74, 6) is 0. The number of fused-ring (bicyclic) bond motifs is 1. The van der Waals surface area contributed by atoms with E-state index in [1.807, 2.05) is 23.5 Å². The van der Waals surface area contributed by atoms with Crippen LogP contribution in [0.1, 0.15) is 23.3 Å². The molecule has 0 amide bonds. The highest BCUT2D eigenvalue weighted by molar-refractivity contribution is 7.09. The van der Waals surface area contributed by atoms with Crippen LogP contribution in [0.25, 0.3) is 0 Å². The van der Waals surface area contributed by atoms with Gasteiger partial charge in [0.15, 0.2) is 0 Å². The number of rotatable bonds is 3. The second-order valence-corrected chi connectivity index (χ2v) is 6.02. The number of oxime groups is 1. The number of para-hydroxylation sites is 1. The minimum atomic E-state index is 0.805. The maximum atomic E-state index is 9.20. The van der Waals surface area contributed by atoms with Gasteiger partial charge in [0.1, 0.15) is 0 Å². The van der Waals surface area contributed by atoms with Gasteiger partial charge < -0.3 is 10.1 Å². The molecule has 4 heteroatoms. The van der Waals surface area contributed by atoms with Gasteiger partial charge in [-0.25, -0.2) is 0 Å². The van der Waals surface area contributed by atoms with E-state index in [1.54, 1.807) is 0 Å². The third-order valence-corrected chi connectivity index (χ3v) is 4.66. The van der Waals surface area contributed by atoms with Crippen LogP contribution in [0.15, 0.2) is 46.9 Å². The van der Waals surface area contributed by atoms with Crippen LogP contribution in [-0.4, -0.2) is 24.0 Å². The number of benzene rings is 1. The van der Waals surface area contributed by atoms with Gasteiger partial charge in [-0.15, -0.1) is 11.3 Å². The fourth-order valence-corrected chi connectivity index (χ4v) is 3.42. The summed E-state index contributed by atoms with van der Waals surface area (Å²) in [6.45, 7) is 2.03. The zero-order valence-electron chi connectivity index (χ0n) is 11.3. The van der Waals surface area contributed by atoms with Gasteiger partial charge in [-0.1, -0.05) is 29.4 Å². The van der Waals surface area contributed by atoms with E-state index in [9.17, 15) is 5.21 Å². The van der Waals surface area contributed by atoms with Crippen molar-refractivity contribution < 1.29 is 5.21 Å². The van der Waals surface area contributed by atoms with Crippen LogP contribution in [0.2, 0.25) is 0 Å². The number of hydrogen-bond acceptors (Lipinski definition) is 4. The molecule has 104 valence electrons. The molecular weight excluding hydrogens is 268 g/mol. The first-order valence-corrected chi connectivity index (χ1v) is 7.84. The molecular formula is C16H18N2OS. The summed E-state index contributed by atoms with van der Waals surface area (Å²) in [7, 11) is 0. The van der Waals surface area contributed by atoms with Gasteiger partial charge >= 0.3 is 0 Å². The number of anilines is 1. The molecule has 2 heterocycles. The van der Waals surface area contributed by atoms with Gasteiger partial charge in [-0.2, -0.15) is 0 Å². The minimum absolute atomic E-state index is 0.805. The molecule has 0 saturated carbocycles. The van der Waals surface area contributed by atoms with E-state index in [0.717, 1.165) is 43.6 Å². The molecule has 1 aliphatic heterocycles. The highest BCUT2D eigenvalue weighted by atomic mass is 32.1. The van der Waals surface area contributed by atoms with Crippen LogP contribution >= 0.6 is 11.3 Å². The topological polar surface area (TPSA) is 35.8 Å². The predicted octanol–water partition coefficient (Wildman–Crippen LogP) is 3.77. The smallest absolute Gasteiger partial charge is 0.0889 e. The Balaban J connectivity index is 1.84. The molecule has 0 fully saturated rings. The quantitative estimate of drug-likeness (QED) is 0.688. The maximum Gasteiger partial charge on any atom is 0.0889 e. The zero-order chi connectivity index (χ0) is 13.8. The predicted molar refractivity (Wildman–Crippen MR) is 84.2 cm³/mol. The Labute approximate surface area is 123 Å². The summed E-state index contributed by atoms with van der Waals surface area (Å²) in [5.41, 5.74) is 3.06. The summed E-state index contributed by atoms with van der Waals surface area (Å²) in [6, 6.07) is 12.5. The van der Waals surface area contributed by atoms with E-state index in [2.05, 4.69) is 39.7 Å². The fraction of sp³-hybridized carbons (Fsp3) is 0.312. The molecule has 1 aromatic carbocycles. The molecule has 2 aromatic rings.